The maximum absolute atomic E-state index is 9.31. The molecule has 0 aliphatic carbocycles. The van der Waals surface area contributed by atoms with E-state index >= 15 is 0 Å². The summed E-state index contributed by atoms with van der Waals surface area (Å²) < 4.78 is 0. The first-order chi connectivity index (χ1) is 2.77. The Balaban J connectivity index is 3.30. The number of hydrogen-bond acceptors (Lipinski definition) is 1. The topological polar surface area (TPSA) is 57.2 Å². The van der Waals surface area contributed by atoms with Gasteiger partial charge in [0.15, 0.2) is 0 Å². The fraction of sp³-hybridized carbons (Fsp3) is 0. The Morgan fingerprint density at radius 1 is 1.67 bits per heavy atom. The van der Waals surface area contributed by atoms with Crippen molar-refractivity contribution in [2.45, 2.75) is 0 Å². The number of rotatable bonds is 1. The third-order valence-corrected chi connectivity index (χ3v) is 0.211. The standard InChI is InChI=1S/C3H3O3/c4-2-1-3(5)6/h1-2H,(H,5,6)/b2-1+. The molecule has 0 aliphatic rings. The fourth-order valence-corrected chi connectivity index (χ4v) is 0.0582. The minimum absolute atomic E-state index is 0.225. The first kappa shape index (κ1) is 5.01. The van der Waals surface area contributed by atoms with Gasteiger partial charge in [-0.2, -0.15) is 0 Å². The van der Waals surface area contributed by atoms with Gasteiger partial charge in [-0.15, -0.1) is 0 Å². The lowest BCUT2D eigenvalue weighted by Crippen LogP contribution is -1.83. The van der Waals surface area contributed by atoms with Crippen molar-refractivity contribution in [3.05, 3.63) is 12.3 Å². The summed E-state index contributed by atoms with van der Waals surface area (Å²) in [4.78, 5) is 9.31. The van der Waals surface area contributed by atoms with Crippen LogP contribution in [0.25, 0.3) is 0 Å². The molecule has 0 rings (SSSR count). The summed E-state index contributed by atoms with van der Waals surface area (Å²) >= 11 is 0. The van der Waals surface area contributed by atoms with Gasteiger partial charge in [0.25, 0.3) is 0 Å². The van der Waals surface area contributed by atoms with Crippen LogP contribution in [0.1, 0.15) is 0 Å². The zero-order chi connectivity index (χ0) is 4.99. The first-order valence-corrected chi connectivity index (χ1v) is 1.29. The van der Waals surface area contributed by atoms with Crippen molar-refractivity contribution < 1.29 is 15.0 Å². The lowest BCUT2D eigenvalue weighted by Gasteiger charge is -1.66. The van der Waals surface area contributed by atoms with Crippen LogP contribution in [0, 0.1) is 0 Å². The van der Waals surface area contributed by atoms with Crippen molar-refractivity contribution in [3.8, 4) is 0 Å². The van der Waals surface area contributed by atoms with Gasteiger partial charge in [-0.05, 0) is 0 Å². The average molecular weight is 87.1 g/mol. The second kappa shape index (κ2) is 2.26. The SMILES string of the molecule is [O]/C=C/C(=O)O. The summed E-state index contributed by atoms with van der Waals surface area (Å²) in [7, 11) is 0. The van der Waals surface area contributed by atoms with Crippen molar-refractivity contribution in [3.63, 3.8) is 0 Å². The molecular formula is C3H3O3. The highest BCUT2D eigenvalue weighted by Gasteiger charge is 1.79. The lowest BCUT2D eigenvalue weighted by atomic mass is 10.7. The highest BCUT2D eigenvalue weighted by molar-refractivity contribution is 5.79. The van der Waals surface area contributed by atoms with Crippen LogP contribution >= 0.6 is 0 Å². The Morgan fingerprint density at radius 3 is 2.17 bits per heavy atom. The number of hydrogen-bond donors (Lipinski definition) is 1. The Bertz CT molecular complexity index is 74.1. The minimum Gasteiger partial charge on any atom is -0.478 e. The maximum atomic E-state index is 9.31. The molecule has 0 saturated carbocycles. The Hall–Kier alpha value is -0.990. The van der Waals surface area contributed by atoms with Gasteiger partial charge in [0, 0.05) is 0 Å². The summed E-state index contributed by atoms with van der Waals surface area (Å²) in [5.41, 5.74) is 0. The largest absolute Gasteiger partial charge is 0.478 e. The molecule has 0 saturated heterocycles. The van der Waals surface area contributed by atoms with E-state index < -0.39 is 5.97 Å². The molecule has 6 heavy (non-hydrogen) atoms. The van der Waals surface area contributed by atoms with Crippen LogP contribution < -0.4 is 0 Å². The number of aliphatic carboxylic acids is 1. The molecule has 1 radical (unpaired) electrons. The Morgan fingerprint density at radius 2 is 2.17 bits per heavy atom. The van der Waals surface area contributed by atoms with E-state index in [0.717, 1.165) is 0 Å². The molecule has 0 spiro atoms. The maximum Gasteiger partial charge on any atom is 0.331 e. The highest BCUT2D eigenvalue weighted by Crippen LogP contribution is 1.63. The van der Waals surface area contributed by atoms with Crippen LogP contribution in [-0.2, 0) is 9.90 Å². The zero-order valence-corrected chi connectivity index (χ0v) is 2.92. The molecule has 0 aromatic carbocycles. The third-order valence-electron chi connectivity index (χ3n) is 0.211. The Labute approximate surface area is 34.5 Å². The van der Waals surface area contributed by atoms with E-state index in [1.807, 2.05) is 0 Å². The molecule has 33 valence electrons. The van der Waals surface area contributed by atoms with E-state index in [-0.39, 0.29) is 6.26 Å². The molecular weight excluding hydrogens is 84.0 g/mol. The first-order valence-electron chi connectivity index (χ1n) is 1.29. The van der Waals surface area contributed by atoms with E-state index in [1.165, 1.54) is 0 Å². The van der Waals surface area contributed by atoms with Crippen LogP contribution in [0.4, 0.5) is 0 Å². The van der Waals surface area contributed by atoms with Gasteiger partial charge in [0.2, 0.25) is 0 Å². The molecule has 0 fully saturated rings. The van der Waals surface area contributed by atoms with Crippen molar-refractivity contribution in [2.75, 3.05) is 0 Å². The third kappa shape index (κ3) is 3.01. The lowest BCUT2D eigenvalue weighted by molar-refractivity contribution is -0.131. The van der Waals surface area contributed by atoms with Gasteiger partial charge in [-0.3, -0.25) is 5.11 Å². The van der Waals surface area contributed by atoms with Crippen LogP contribution in [0.15, 0.2) is 12.3 Å². The molecule has 0 aromatic rings. The molecule has 0 amide bonds. The van der Waals surface area contributed by atoms with Crippen LogP contribution in [-0.4, -0.2) is 11.1 Å². The van der Waals surface area contributed by atoms with E-state index in [2.05, 4.69) is 0 Å². The normalized spacial score (nSPS) is 9.33. The average Bonchev–Trinajstić information content (AvgIpc) is 1.35. The van der Waals surface area contributed by atoms with Gasteiger partial charge in [0.05, 0.1) is 6.08 Å². The van der Waals surface area contributed by atoms with Gasteiger partial charge in [-0.25, -0.2) is 4.79 Å². The van der Waals surface area contributed by atoms with Gasteiger partial charge in [0.1, 0.15) is 6.26 Å². The number of carboxylic acid groups (broad SMARTS) is 1. The molecule has 0 unspecified atom stereocenters. The van der Waals surface area contributed by atoms with E-state index in [9.17, 15) is 9.90 Å². The minimum atomic E-state index is -1.20. The van der Waals surface area contributed by atoms with Crippen molar-refractivity contribution in [2.24, 2.45) is 0 Å². The molecule has 0 heterocycles. The summed E-state index contributed by atoms with van der Waals surface area (Å²) in [6.07, 6.45) is 0.752. The predicted molar refractivity (Wildman–Crippen MR) is 17.5 cm³/mol. The monoisotopic (exact) mass is 87.0 g/mol. The van der Waals surface area contributed by atoms with Gasteiger partial charge < -0.3 is 5.11 Å². The van der Waals surface area contributed by atoms with Crippen molar-refractivity contribution in [1.82, 2.24) is 0 Å². The van der Waals surface area contributed by atoms with Gasteiger partial charge in [-0.1, -0.05) is 0 Å². The van der Waals surface area contributed by atoms with Crippen molar-refractivity contribution >= 4 is 5.97 Å². The van der Waals surface area contributed by atoms with Crippen LogP contribution in [0.2, 0.25) is 0 Å². The highest BCUT2D eigenvalue weighted by atomic mass is 16.4. The molecule has 0 atom stereocenters. The molecule has 0 aliphatic heterocycles. The molecule has 0 bridgehead atoms. The number of carbonyl (C=O) groups is 1. The van der Waals surface area contributed by atoms with E-state index in [0.29, 0.717) is 6.08 Å². The zero-order valence-electron chi connectivity index (χ0n) is 2.92. The van der Waals surface area contributed by atoms with E-state index in [4.69, 9.17) is 5.11 Å². The van der Waals surface area contributed by atoms with Gasteiger partial charge >= 0.3 is 5.97 Å². The van der Waals surface area contributed by atoms with Crippen LogP contribution in [0.3, 0.4) is 0 Å². The van der Waals surface area contributed by atoms with Crippen molar-refractivity contribution in [1.29, 1.82) is 0 Å². The molecule has 0 aromatic heterocycles. The van der Waals surface area contributed by atoms with Crippen LogP contribution in [0.5, 0.6) is 0 Å². The predicted octanol–water partition coefficient (Wildman–Crippen LogP) is 0.0152. The molecule has 1 N–H and O–H groups in total. The summed E-state index contributed by atoms with van der Waals surface area (Å²) in [6.45, 7) is 0. The molecule has 3 heteroatoms. The second-order valence-corrected chi connectivity index (χ2v) is 0.641. The summed E-state index contributed by atoms with van der Waals surface area (Å²) in [5, 5.41) is 16.8. The smallest absolute Gasteiger partial charge is 0.331 e. The Kier molecular flexibility index (Phi) is 1.89. The quantitative estimate of drug-likeness (QED) is 0.362. The molecule has 3 nitrogen and oxygen atoms in total. The summed E-state index contributed by atoms with van der Waals surface area (Å²) in [6, 6.07) is 0. The van der Waals surface area contributed by atoms with E-state index in [1.54, 1.807) is 0 Å². The number of carboxylic acids is 1. The fourth-order valence-electron chi connectivity index (χ4n) is 0.0582. The summed E-state index contributed by atoms with van der Waals surface area (Å²) in [5.74, 6) is -1.20. The second-order valence-electron chi connectivity index (χ2n) is 0.641.